The molecule has 0 spiro atoms. The quantitative estimate of drug-likeness (QED) is 0.287. The van der Waals surface area contributed by atoms with Crippen LogP contribution in [-0.2, 0) is 28.8 Å². The standard InChI is InChI=1S/2C4H5NO4/c5-4(9)2(6)1-3(7)8;5-3(7)1-2(6)4(8)9/h1H2,(H2,5,9)(H,7,8);1H2,(H2,5,7)(H,8,9). The molecular formula is C8H10N2O8. The Labute approximate surface area is 99.5 Å². The van der Waals surface area contributed by atoms with Crippen LogP contribution in [0.5, 0.6) is 0 Å². The highest BCUT2D eigenvalue weighted by molar-refractivity contribution is 6.38. The van der Waals surface area contributed by atoms with Gasteiger partial charge in [-0.3, -0.25) is 24.0 Å². The number of amides is 2. The normalized spacial score (nSPS) is 8.44. The monoisotopic (exact) mass is 262 g/mol. The summed E-state index contributed by atoms with van der Waals surface area (Å²) in [6.07, 6.45) is -1.55. The fourth-order valence-electron chi connectivity index (χ4n) is 0.458. The minimum atomic E-state index is -1.63. The molecular weight excluding hydrogens is 252 g/mol. The van der Waals surface area contributed by atoms with E-state index in [2.05, 4.69) is 11.5 Å². The number of carboxylic acids is 2. The molecule has 10 heteroatoms. The van der Waals surface area contributed by atoms with Gasteiger partial charge in [0, 0.05) is 0 Å². The predicted octanol–water partition coefficient (Wildman–Crippen LogP) is -2.97. The summed E-state index contributed by atoms with van der Waals surface area (Å²) in [5.74, 6) is -7.38. The first-order valence-electron chi connectivity index (χ1n) is 4.16. The van der Waals surface area contributed by atoms with Gasteiger partial charge in [0.25, 0.3) is 5.91 Å². The lowest BCUT2D eigenvalue weighted by molar-refractivity contribution is -0.150. The van der Waals surface area contributed by atoms with E-state index in [1.54, 1.807) is 0 Å². The topological polar surface area (TPSA) is 195 Å². The summed E-state index contributed by atoms with van der Waals surface area (Å²) >= 11 is 0. The number of hydrogen-bond donors (Lipinski definition) is 4. The molecule has 10 nitrogen and oxygen atoms in total. The number of Topliss-reactive ketones (excluding diaryl/α,β-unsaturated/α-hetero) is 2. The van der Waals surface area contributed by atoms with Gasteiger partial charge in [-0.05, 0) is 0 Å². The average Bonchev–Trinajstić information content (AvgIpc) is 2.16. The van der Waals surface area contributed by atoms with E-state index in [0.29, 0.717) is 0 Å². The molecule has 0 heterocycles. The number of nitrogens with two attached hydrogens (primary N) is 2. The van der Waals surface area contributed by atoms with Gasteiger partial charge in [-0.2, -0.15) is 0 Å². The molecule has 18 heavy (non-hydrogen) atoms. The van der Waals surface area contributed by atoms with Crippen molar-refractivity contribution in [2.45, 2.75) is 12.8 Å². The Kier molecular flexibility index (Phi) is 8.20. The molecule has 0 saturated carbocycles. The molecule has 0 aliphatic carbocycles. The third-order valence-corrected chi connectivity index (χ3v) is 1.16. The first-order chi connectivity index (χ1) is 8.07. The predicted molar refractivity (Wildman–Crippen MR) is 52.9 cm³/mol. The second kappa shape index (κ2) is 8.38. The minimum absolute atomic E-state index is 0.727. The average molecular weight is 262 g/mol. The fraction of sp³-hybridized carbons (Fsp3) is 0.250. The summed E-state index contributed by atoms with van der Waals surface area (Å²) in [5.41, 5.74) is 8.94. The number of aliphatic carboxylic acids is 2. The van der Waals surface area contributed by atoms with Crippen LogP contribution in [0, 0.1) is 0 Å². The van der Waals surface area contributed by atoms with E-state index in [9.17, 15) is 28.8 Å². The maximum absolute atomic E-state index is 10.1. The van der Waals surface area contributed by atoms with Crippen molar-refractivity contribution in [3.05, 3.63) is 0 Å². The van der Waals surface area contributed by atoms with E-state index < -0.39 is 48.2 Å². The molecule has 0 atom stereocenters. The van der Waals surface area contributed by atoms with Crippen LogP contribution in [0.1, 0.15) is 12.8 Å². The van der Waals surface area contributed by atoms with E-state index in [4.69, 9.17) is 10.2 Å². The Morgan fingerprint density at radius 3 is 1.33 bits per heavy atom. The number of carboxylic acid groups (broad SMARTS) is 2. The summed E-state index contributed by atoms with van der Waals surface area (Å²) < 4.78 is 0. The highest BCUT2D eigenvalue weighted by atomic mass is 16.4. The molecule has 0 fully saturated rings. The molecule has 0 bridgehead atoms. The number of rotatable bonds is 6. The zero-order chi connectivity index (χ0) is 14.9. The van der Waals surface area contributed by atoms with Crippen LogP contribution in [0.15, 0.2) is 0 Å². The lowest BCUT2D eigenvalue weighted by Crippen LogP contribution is -2.25. The Bertz CT molecular complexity index is 362. The maximum Gasteiger partial charge on any atom is 0.372 e. The van der Waals surface area contributed by atoms with Crippen LogP contribution >= 0.6 is 0 Å². The SMILES string of the molecule is NC(=O)C(=O)CC(=O)O.NC(=O)CC(=O)C(=O)O. The molecule has 0 rings (SSSR count). The highest BCUT2D eigenvalue weighted by Gasteiger charge is 2.13. The molecule has 2 amide bonds. The number of carbonyl (C=O) groups excluding carboxylic acids is 4. The van der Waals surface area contributed by atoms with Crippen molar-refractivity contribution in [2.24, 2.45) is 11.5 Å². The molecule has 0 saturated heterocycles. The van der Waals surface area contributed by atoms with E-state index >= 15 is 0 Å². The van der Waals surface area contributed by atoms with Crippen LogP contribution in [0.3, 0.4) is 0 Å². The Balaban J connectivity index is 0. The van der Waals surface area contributed by atoms with Crippen molar-refractivity contribution in [1.82, 2.24) is 0 Å². The second-order valence-electron chi connectivity index (χ2n) is 2.73. The largest absolute Gasteiger partial charge is 0.481 e. The van der Waals surface area contributed by atoms with Gasteiger partial charge >= 0.3 is 11.9 Å². The molecule has 0 aromatic rings. The molecule has 0 unspecified atom stereocenters. The van der Waals surface area contributed by atoms with Gasteiger partial charge in [0.1, 0.15) is 6.42 Å². The number of primary amides is 2. The van der Waals surface area contributed by atoms with Crippen molar-refractivity contribution in [3.63, 3.8) is 0 Å². The van der Waals surface area contributed by atoms with Crippen LogP contribution in [0.25, 0.3) is 0 Å². The third-order valence-electron chi connectivity index (χ3n) is 1.16. The zero-order valence-electron chi connectivity index (χ0n) is 8.91. The van der Waals surface area contributed by atoms with Gasteiger partial charge in [-0.25, -0.2) is 4.79 Å². The van der Waals surface area contributed by atoms with Gasteiger partial charge < -0.3 is 21.7 Å². The fourth-order valence-corrected chi connectivity index (χ4v) is 0.458. The molecule has 100 valence electrons. The Hall–Kier alpha value is -2.78. The van der Waals surface area contributed by atoms with E-state index in [0.717, 1.165) is 0 Å². The smallest absolute Gasteiger partial charge is 0.372 e. The highest BCUT2D eigenvalue weighted by Crippen LogP contribution is 1.80. The Morgan fingerprint density at radius 1 is 0.778 bits per heavy atom. The lowest BCUT2D eigenvalue weighted by atomic mass is 10.3. The van der Waals surface area contributed by atoms with Crippen LogP contribution < -0.4 is 11.5 Å². The van der Waals surface area contributed by atoms with Gasteiger partial charge in [0.2, 0.25) is 17.5 Å². The summed E-state index contributed by atoms with van der Waals surface area (Å²) in [6, 6.07) is 0. The van der Waals surface area contributed by atoms with Gasteiger partial charge in [-0.15, -0.1) is 0 Å². The number of carbonyl (C=O) groups is 6. The van der Waals surface area contributed by atoms with Crippen molar-refractivity contribution >= 4 is 35.3 Å². The molecule has 0 aliphatic heterocycles. The van der Waals surface area contributed by atoms with Crippen molar-refractivity contribution in [1.29, 1.82) is 0 Å². The van der Waals surface area contributed by atoms with Gasteiger partial charge in [0.15, 0.2) is 0 Å². The molecule has 0 aliphatic rings. The first kappa shape index (κ1) is 17.6. The van der Waals surface area contributed by atoms with Crippen LogP contribution in [-0.4, -0.2) is 45.5 Å². The lowest BCUT2D eigenvalue weighted by Gasteiger charge is -1.86. The van der Waals surface area contributed by atoms with Crippen molar-refractivity contribution < 1.29 is 39.0 Å². The molecule has 0 radical (unpaired) electrons. The van der Waals surface area contributed by atoms with E-state index in [-0.39, 0.29) is 0 Å². The molecule has 0 aromatic heterocycles. The van der Waals surface area contributed by atoms with Crippen molar-refractivity contribution in [2.75, 3.05) is 0 Å². The van der Waals surface area contributed by atoms with E-state index in [1.165, 1.54) is 0 Å². The number of ketones is 2. The third kappa shape index (κ3) is 11.3. The van der Waals surface area contributed by atoms with Gasteiger partial charge in [0.05, 0.1) is 6.42 Å². The second-order valence-corrected chi connectivity index (χ2v) is 2.73. The summed E-state index contributed by atoms with van der Waals surface area (Å²) in [5, 5.41) is 15.8. The zero-order valence-corrected chi connectivity index (χ0v) is 8.91. The van der Waals surface area contributed by atoms with Crippen LogP contribution in [0.4, 0.5) is 0 Å². The maximum atomic E-state index is 10.1. The minimum Gasteiger partial charge on any atom is -0.481 e. The number of hydrogen-bond acceptors (Lipinski definition) is 6. The van der Waals surface area contributed by atoms with Crippen molar-refractivity contribution in [3.8, 4) is 0 Å². The molecule has 0 aromatic carbocycles. The van der Waals surface area contributed by atoms with Crippen LogP contribution in [0.2, 0.25) is 0 Å². The molecule has 6 N–H and O–H groups in total. The Morgan fingerprint density at radius 2 is 1.22 bits per heavy atom. The summed E-state index contributed by atoms with van der Waals surface area (Å²) in [6.45, 7) is 0. The van der Waals surface area contributed by atoms with E-state index in [1.807, 2.05) is 0 Å². The van der Waals surface area contributed by atoms with Gasteiger partial charge in [-0.1, -0.05) is 0 Å². The first-order valence-corrected chi connectivity index (χ1v) is 4.16. The summed E-state index contributed by atoms with van der Waals surface area (Å²) in [7, 11) is 0. The summed E-state index contributed by atoms with van der Waals surface area (Å²) in [4.78, 5) is 59.2.